The van der Waals surface area contributed by atoms with Gasteiger partial charge in [-0.15, -0.1) is 11.3 Å². The predicted molar refractivity (Wildman–Crippen MR) is 81.1 cm³/mol. The lowest BCUT2D eigenvalue weighted by Crippen LogP contribution is -2.36. The van der Waals surface area contributed by atoms with E-state index in [2.05, 4.69) is 11.0 Å². The van der Waals surface area contributed by atoms with Gasteiger partial charge in [-0.3, -0.25) is 4.90 Å². The van der Waals surface area contributed by atoms with Crippen LogP contribution in [-0.2, 0) is 9.47 Å². The molecule has 0 amide bonds. The van der Waals surface area contributed by atoms with Gasteiger partial charge in [0.2, 0.25) is 0 Å². The summed E-state index contributed by atoms with van der Waals surface area (Å²) in [5.41, 5.74) is 5.94. The van der Waals surface area contributed by atoms with Crippen LogP contribution in [0.25, 0.3) is 0 Å². The number of nitrogens with zero attached hydrogens (tertiary/aromatic N) is 1. The molecular weight excluding hydrogens is 284 g/mol. The van der Waals surface area contributed by atoms with Crippen LogP contribution in [0, 0.1) is 0 Å². The Morgan fingerprint density at radius 1 is 1.26 bits per heavy atom. The highest BCUT2D eigenvalue weighted by molar-refractivity contribution is 7.16. The Labute approximate surface area is 124 Å². The highest BCUT2D eigenvalue weighted by Gasteiger charge is 2.20. The van der Waals surface area contributed by atoms with Crippen molar-refractivity contribution >= 4 is 22.9 Å². The normalized spacial score (nSPS) is 13.1. The largest absolute Gasteiger partial charge is 0.385 e. The molecule has 1 aromatic heterocycles. The minimum Gasteiger partial charge on any atom is -0.385 e. The first-order valence-corrected chi connectivity index (χ1v) is 7.59. The van der Waals surface area contributed by atoms with E-state index in [-0.39, 0.29) is 6.04 Å². The van der Waals surface area contributed by atoms with Crippen LogP contribution in [0.2, 0.25) is 4.34 Å². The second-order valence-electron chi connectivity index (χ2n) is 4.27. The molecule has 0 fully saturated rings. The molecule has 1 aromatic rings. The van der Waals surface area contributed by atoms with Crippen molar-refractivity contribution in [3.8, 4) is 0 Å². The zero-order chi connectivity index (χ0) is 14.1. The van der Waals surface area contributed by atoms with E-state index in [1.54, 1.807) is 25.6 Å². The number of hydrogen-bond donors (Lipinski definition) is 1. The molecule has 1 unspecified atom stereocenters. The number of hydrogen-bond acceptors (Lipinski definition) is 5. The number of thiophene rings is 1. The standard InChI is InChI=1S/C13H23ClN2O2S/c1-17-8-3-6-16(7-9-18-2)11(10-15)12-4-5-13(14)19-12/h4-5,11H,3,6-10,15H2,1-2H3. The fourth-order valence-corrected chi connectivity index (χ4v) is 3.21. The maximum absolute atomic E-state index is 6.01. The number of rotatable bonds is 10. The smallest absolute Gasteiger partial charge is 0.0931 e. The molecule has 0 bridgehead atoms. The van der Waals surface area contributed by atoms with Crippen LogP contribution in [0.5, 0.6) is 0 Å². The number of nitrogens with two attached hydrogens (primary N) is 1. The van der Waals surface area contributed by atoms with Crippen molar-refractivity contribution in [3.63, 3.8) is 0 Å². The molecule has 2 N–H and O–H groups in total. The maximum atomic E-state index is 6.01. The van der Waals surface area contributed by atoms with Crippen LogP contribution in [-0.4, -0.2) is 52.0 Å². The Bertz CT molecular complexity index is 349. The van der Waals surface area contributed by atoms with E-state index in [4.69, 9.17) is 26.8 Å². The third-order valence-electron chi connectivity index (χ3n) is 2.96. The zero-order valence-electron chi connectivity index (χ0n) is 11.6. The molecule has 0 aromatic carbocycles. The van der Waals surface area contributed by atoms with Crippen molar-refractivity contribution in [3.05, 3.63) is 21.3 Å². The van der Waals surface area contributed by atoms with E-state index in [9.17, 15) is 0 Å². The number of methoxy groups -OCH3 is 2. The van der Waals surface area contributed by atoms with Crippen LogP contribution >= 0.6 is 22.9 Å². The molecule has 0 saturated carbocycles. The molecule has 0 aliphatic heterocycles. The first-order chi connectivity index (χ1) is 9.22. The van der Waals surface area contributed by atoms with E-state index in [1.165, 1.54) is 4.88 Å². The Kier molecular flexibility index (Phi) is 8.61. The van der Waals surface area contributed by atoms with Crippen molar-refractivity contribution in [2.24, 2.45) is 5.73 Å². The Hall–Kier alpha value is -0.170. The van der Waals surface area contributed by atoms with Crippen LogP contribution in [0.3, 0.4) is 0 Å². The molecule has 0 saturated heterocycles. The average molecular weight is 307 g/mol. The van der Waals surface area contributed by atoms with E-state index < -0.39 is 0 Å². The van der Waals surface area contributed by atoms with E-state index in [1.807, 2.05) is 6.07 Å². The first-order valence-electron chi connectivity index (χ1n) is 6.40. The lowest BCUT2D eigenvalue weighted by Gasteiger charge is -2.30. The van der Waals surface area contributed by atoms with E-state index in [0.717, 1.165) is 30.5 Å². The third-order valence-corrected chi connectivity index (χ3v) is 4.30. The van der Waals surface area contributed by atoms with Gasteiger partial charge in [-0.25, -0.2) is 0 Å². The lowest BCUT2D eigenvalue weighted by atomic mass is 10.2. The average Bonchev–Trinajstić information content (AvgIpc) is 2.83. The molecule has 1 rings (SSSR count). The minimum absolute atomic E-state index is 0.199. The molecule has 6 heteroatoms. The Balaban J connectivity index is 2.67. The summed E-state index contributed by atoms with van der Waals surface area (Å²) >= 11 is 7.60. The zero-order valence-corrected chi connectivity index (χ0v) is 13.2. The lowest BCUT2D eigenvalue weighted by molar-refractivity contribution is 0.109. The molecule has 0 aliphatic rings. The molecule has 4 nitrogen and oxygen atoms in total. The van der Waals surface area contributed by atoms with Gasteiger partial charge in [-0.2, -0.15) is 0 Å². The van der Waals surface area contributed by atoms with Crippen molar-refractivity contribution in [1.29, 1.82) is 0 Å². The highest BCUT2D eigenvalue weighted by atomic mass is 35.5. The SMILES string of the molecule is COCCCN(CCOC)C(CN)c1ccc(Cl)s1. The molecule has 19 heavy (non-hydrogen) atoms. The topological polar surface area (TPSA) is 47.7 Å². The molecule has 0 aliphatic carbocycles. The van der Waals surface area contributed by atoms with Gasteiger partial charge in [-0.05, 0) is 18.6 Å². The molecule has 1 heterocycles. The van der Waals surface area contributed by atoms with Crippen molar-refractivity contribution < 1.29 is 9.47 Å². The van der Waals surface area contributed by atoms with Gasteiger partial charge in [0.05, 0.1) is 17.0 Å². The molecule has 110 valence electrons. The maximum Gasteiger partial charge on any atom is 0.0931 e. The quantitative estimate of drug-likeness (QED) is 0.674. The van der Waals surface area contributed by atoms with Gasteiger partial charge in [0.25, 0.3) is 0 Å². The van der Waals surface area contributed by atoms with Gasteiger partial charge in [-0.1, -0.05) is 11.6 Å². The molecule has 1 atom stereocenters. The molecule has 0 spiro atoms. The molecular formula is C13H23ClN2O2S. The fraction of sp³-hybridized carbons (Fsp3) is 0.692. The van der Waals surface area contributed by atoms with Crippen LogP contribution in [0.15, 0.2) is 12.1 Å². The Morgan fingerprint density at radius 2 is 2.00 bits per heavy atom. The Morgan fingerprint density at radius 3 is 2.53 bits per heavy atom. The summed E-state index contributed by atoms with van der Waals surface area (Å²) in [5, 5.41) is 0. The van der Waals surface area contributed by atoms with Crippen LogP contribution in [0.1, 0.15) is 17.3 Å². The summed E-state index contributed by atoms with van der Waals surface area (Å²) in [6, 6.07) is 4.18. The number of ether oxygens (including phenoxy) is 2. The van der Waals surface area contributed by atoms with Crippen molar-refractivity contribution in [2.75, 3.05) is 47.1 Å². The van der Waals surface area contributed by atoms with Gasteiger partial charge >= 0.3 is 0 Å². The summed E-state index contributed by atoms with van der Waals surface area (Å²) in [6.07, 6.45) is 0.982. The predicted octanol–water partition coefficient (Wildman–Crippen LogP) is 2.39. The number of halogens is 1. The van der Waals surface area contributed by atoms with Crippen molar-refractivity contribution in [1.82, 2.24) is 4.90 Å². The van der Waals surface area contributed by atoms with Gasteiger partial charge in [0.1, 0.15) is 0 Å². The highest BCUT2D eigenvalue weighted by Crippen LogP contribution is 2.30. The summed E-state index contributed by atoms with van der Waals surface area (Å²) in [7, 11) is 3.44. The second-order valence-corrected chi connectivity index (χ2v) is 6.02. The molecule has 0 radical (unpaired) electrons. The van der Waals surface area contributed by atoms with E-state index >= 15 is 0 Å². The van der Waals surface area contributed by atoms with Crippen LogP contribution in [0.4, 0.5) is 0 Å². The van der Waals surface area contributed by atoms with Gasteiger partial charge < -0.3 is 15.2 Å². The van der Waals surface area contributed by atoms with Crippen molar-refractivity contribution in [2.45, 2.75) is 12.5 Å². The third kappa shape index (κ3) is 5.77. The summed E-state index contributed by atoms with van der Waals surface area (Å²) in [6.45, 7) is 3.83. The fourth-order valence-electron chi connectivity index (χ4n) is 2.00. The van der Waals surface area contributed by atoms with Gasteiger partial charge in [0, 0.05) is 45.3 Å². The van der Waals surface area contributed by atoms with Gasteiger partial charge in [0.15, 0.2) is 0 Å². The van der Waals surface area contributed by atoms with E-state index in [0.29, 0.717) is 13.2 Å². The summed E-state index contributed by atoms with van der Waals surface area (Å²) in [5.74, 6) is 0. The summed E-state index contributed by atoms with van der Waals surface area (Å²) < 4.78 is 11.1. The van der Waals surface area contributed by atoms with Crippen LogP contribution < -0.4 is 5.73 Å². The summed E-state index contributed by atoms with van der Waals surface area (Å²) in [4.78, 5) is 3.55. The second kappa shape index (κ2) is 9.69. The monoisotopic (exact) mass is 306 g/mol. The first kappa shape index (κ1) is 16.9. The minimum atomic E-state index is 0.199.